The van der Waals surface area contributed by atoms with Gasteiger partial charge in [-0.05, 0) is 18.6 Å². The lowest BCUT2D eigenvalue weighted by atomic mass is 10.1. The molecule has 0 saturated heterocycles. The third-order valence-corrected chi connectivity index (χ3v) is 3.09. The molecule has 0 bridgehead atoms. The van der Waals surface area contributed by atoms with Crippen molar-refractivity contribution in [2.75, 3.05) is 11.9 Å². The maximum absolute atomic E-state index is 4.90. The highest BCUT2D eigenvalue weighted by Gasteiger charge is 1.94. The van der Waals surface area contributed by atoms with E-state index in [0.29, 0.717) is 4.77 Å². The van der Waals surface area contributed by atoms with Gasteiger partial charge in [-0.25, -0.2) is 4.98 Å². The number of rotatable bonds is 10. The van der Waals surface area contributed by atoms with Crippen LogP contribution in [0, 0.1) is 4.77 Å². The minimum Gasteiger partial charge on any atom is -0.369 e. The van der Waals surface area contributed by atoms with E-state index in [1.165, 1.54) is 51.4 Å². The Kier molecular flexibility index (Phi) is 8.38. The molecular weight excluding hydrogens is 244 g/mol. The van der Waals surface area contributed by atoms with Crippen molar-refractivity contribution in [3.05, 3.63) is 11.0 Å². The Morgan fingerprint density at radius 1 is 1.11 bits per heavy atom. The van der Waals surface area contributed by atoms with Crippen LogP contribution in [0.1, 0.15) is 58.3 Å². The number of aromatic amines is 1. The van der Waals surface area contributed by atoms with Gasteiger partial charge in [0.1, 0.15) is 5.82 Å². The number of unbranched alkanes of at least 4 members (excludes halogenated alkanes) is 7. The van der Waals surface area contributed by atoms with Crippen molar-refractivity contribution in [1.29, 1.82) is 0 Å². The van der Waals surface area contributed by atoms with Crippen molar-refractivity contribution >= 4 is 18.0 Å². The maximum atomic E-state index is 4.90. The first kappa shape index (κ1) is 15.1. The van der Waals surface area contributed by atoms with Crippen LogP contribution in [-0.4, -0.2) is 21.7 Å². The van der Waals surface area contributed by atoms with Gasteiger partial charge in [0.2, 0.25) is 4.77 Å². The average Bonchev–Trinajstić information content (AvgIpc) is 2.37. The van der Waals surface area contributed by atoms with Crippen LogP contribution in [0.4, 0.5) is 5.82 Å². The van der Waals surface area contributed by atoms with Crippen LogP contribution in [-0.2, 0) is 0 Å². The number of hydrogen-bond acceptors (Lipinski definition) is 4. The largest absolute Gasteiger partial charge is 0.369 e. The second kappa shape index (κ2) is 10.00. The average molecular weight is 268 g/mol. The van der Waals surface area contributed by atoms with Crippen molar-refractivity contribution in [3.63, 3.8) is 0 Å². The van der Waals surface area contributed by atoms with Gasteiger partial charge in [0.15, 0.2) is 0 Å². The fourth-order valence-corrected chi connectivity index (χ4v) is 2.02. The van der Waals surface area contributed by atoms with Crippen molar-refractivity contribution in [3.8, 4) is 0 Å². The summed E-state index contributed by atoms with van der Waals surface area (Å²) in [5, 5.41) is 9.74. The van der Waals surface area contributed by atoms with Gasteiger partial charge in [-0.15, -0.1) is 0 Å². The number of nitrogens with one attached hydrogen (secondary N) is 2. The lowest BCUT2D eigenvalue weighted by molar-refractivity contribution is 0.581. The van der Waals surface area contributed by atoms with Crippen molar-refractivity contribution in [1.82, 2.24) is 15.2 Å². The molecule has 1 aromatic heterocycles. The standard InChI is InChI=1S/C13H24N4S/c1-2-3-4-5-6-7-8-9-10-14-12-11-15-17-13(18)16-12/h11H,2-10H2,1H3,(H2,14,16,17,18). The van der Waals surface area contributed by atoms with Crippen LogP contribution in [0.5, 0.6) is 0 Å². The highest BCUT2D eigenvalue weighted by molar-refractivity contribution is 7.71. The van der Waals surface area contributed by atoms with Crippen molar-refractivity contribution in [2.45, 2.75) is 58.3 Å². The van der Waals surface area contributed by atoms with E-state index in [-0.39, 0.29) is 0 Å². The Bertz CT molecular complexity index is 364. The molecule has 0 atom stereocenters. The van der Waals surface area contributed by atoms with Gasteiger partial charge in [0.25, 0.3) is 0 Å². The second-order valence-electron chi connectivity index (χ2n) is 4.57. The van der Waals surface area contributed by atoms with E-state index in [4.69, 9.17) is 12.2 Å². The minimum absolute atomic E-state index is 0.427. The zero-order chi connectivity index (χ0) is 13.1. The Labute approximate surface area is 115 Å². The zero-order valence-electron chi connectivity index (χ0n) is 11.2. The third kappa shape index (κ3) is 7.37. The van der Waals surface area contributed by atoms with Crippen LogP contribution < -0.4 is 5.32 Å². The summed E-state index contributed by atoms with van der Waals surface area (Å²) in [6, 6.07) is 0. The summed E-state index contributed by atoms with van der Waals surface area (Å²) in [5.74, 6) is 0.765. The number of anilines is 1. The third-order valence-electron chi connectivity index (χ3n) is 2.91. The topological polar surface area (TPSA) is 53.6 Å². The molecule has 1 heterocycles. The van der Waals surface area contributed by atoms with E-state index in [9.17, 15) is 0 Å². The highest BCUT2D eigenvalue weighted by atomic mass is 32.1. The van der Waals surface area contributed by atoms with Gasteiger partial charge in [0, 0.05) is 6.54 Å². The molecule has 0 unspecified atom stereocenters. The Balaban J connectivity index is 1.94. The van der Waals surface area contributed by atoms with Crippen LogP contribution in [0.15, 0.2) is 6.20 Å². The number of nitrogens with zero attached hydrogens (tertiary/aromatic N) is 2. The predicted molar refractivity (Wildman–Crippen MR) is 78.3 cm³/mol. The van der Waals surface area contributed by atoms with Gasteiger partial charge in [-0.2, -0.15) is 5.10 Å². The van der Waals surface area contributed by atoms with Crippen LogP contribution in [0.25, 0.3) is 0 Å². The summed E-state index contributed by atoms with van der Waals surface area (Å²) in [6.45, 7) is 3.20. The molecule has 0 aliphatic rings. The summed E-state index contributed by atoms with van der Waals surface area (Å²) in [5.41, 5.74) is 0. The monoisotopic (exact) mass is 268 g/mol. The number of aromatic nitrogens is 3. The normalized spacial score (nSPS) is 10.5. The molecule has 0 fully saturated rings. The quantitative estimate of drug-likeness (QED) is 0.496. The predicted octanol–water partition coefficient (Wildman–Crippen LogP) is 4.09. The van der Waals surface area contributed by atoms with Gasteiger partial charge < -0.3 is 5.32 Å². The van der Waals surface area contributed by atoms with Gasteiger partial charge in [-0.3, -0.25) is 5.10 Å². The molecule has 5 heteroatoms. The van der Waals surface area contributed by atoms with E-state index in [2.05, 4.69) is 27.4 Å². The maximum Gasteiger partial charge on any atom is 0.215 e. The van der Waals surface area contributed by atoms with E-state index in [0.717, 1.165) is 12.4 Å². The molecule has 102 valence electrons. The molecule has 2 N–H and O–H groups in total. The number of H-pyrrole nitrogens is 1. The Morgan fingerprint density at radius 3 is 2.44 bits per heavy atom. The fourth-order valence-electron chi connectivity index (χ4n) is 1.87. The van der Waals surface area contributed by atoms with Crippen molar-refractivity contribution < 1.29 is 0 Å². The molecule has 0 aromatic carbocycles. The summed E-state index contributed by atoms with van der Waals surface area (Å²) in [7, 11) is 0. The molecule has 18 heavy (non-hydrogen) atoms. The lowest BCUT2D eigenvalue weighted by Gasteiger charge is -2.04. The van der Waals surface area contributed by atoms with Crippen LogP contribution in [0.2, 0.25) is 0 Å². The van der Waals surface area contributed by atoms with Crippen LogP contribution in [0.3, 0.4) is 0 Å². The lowest BCUT2D eigenvalue weighted by Crippen LogP contribution is -2.04. The molecule has 1 rings (SSSR count). The fraction of sp³-hybridized carbons (Fsp3) is 0.769. The highest BCUT2D eigenvalue weighted by Crippen LogP contribution is 2.08. The molecular formula is C13H24N4S. The van der Waals surface area contributed by atoms with E-state index < -0.39 is 0 Å². The Morgan fingerprint density at radius 2 is 1.78 bits per heavy atom. The molecule has 1 aromatic rings. The van der Waals surface area contributed by atoms with E-state index in [1.54, 1.807) is 6.20 Å². The van der Waals surface area contributed by atoms with E-state index in [1.807, 2.05) is 0 Å². The first-order valence-corrected chi connectivity index (χ1v) is 7.39. The SMILES string of the molecule is CCCCCCCCCCNc1cn[nH]c(=S)n1. The first-order valence-electron chi connectivity index (χ1n) is 6.98. The molecule has 0 aliphatic carbocycles. The van der Waals surface area contributed by atoms with Gasteiger partial charge >= 0.3 is 0 Å². The molecule has 4 nitrogen and oxygen atoms in total. The van der Waals surface area contributed by atoms with E-state index >= 15 is 0 Å². The molecule has 0 saturated carbocycles. The summed E-state index contributed by atoms with van der Waals surface area (Å²) in [4.78, 5) is 4.13. The molecule has 0 aliphatic heterocycles. The zero-order valence-corrected chi connectivity index (χ0v) is 12.1. The van der Waals surface area contributed by atoms with Crippen molar-refractivity contribution in [2.24, 2.45) is 0 Å². The first-order chi connectivity index (χ1) is 8.83. The second-order valence-corrected chi connectivity index (χ2v) is 4.96. The summed E-state index contributed by atoms with van der Waals surface area (Å²) in [6.07, 6.45) is 12.3. The molecule has 0 spiro atoms. The summed E-state index contributed by atoms with van der Waals surface area (Å²) < 4.78 is 0.427. The van der Waals surface area contributed by atoms with Gasteiger partial charge in [0.05, 0.1) is 6.20 Å². The molecule has 0 amide bonds. The Hall–Kier alpha value is -0.970. The smallest absolute Gasteiger partial charge is 0.215 e. The minimum atomic E-state index is 0.427. The van der Waals surface area contributed by atoms with Gasteiger partial charge in [-0.1, -0.05) is 51.9 Å². The van der Waals surface area contributed by atoms with Crippen LogP contribution >= 0.6 is 12.2 Å². The molecule has 0 radical (unpaired) electrons. The number of hydrogen-bond donors (Lipinski definition) is 2. The summed E-state index contributed by atoms with van der Waals surface area (Å²) >= 11 is 4.90.